The second-order valence-corrected chi connectivity index (χ2v) is 5.08. The molecule has 0 aliphatic carbocycles. The van der Waals surface area contributed by atoms with Crippen molar-refractivity contribution in [2.75, 3.05) is 25.0 Å². The van der Waals surface area contributed by atoms with Gasteiger partial charge in [0.05, 0.1) is 10.4 Å². The second-order valence-electron chi connectivity index (χ2n) is 4.65. The van der Waals surface area contributed by atoms with Gasteiger partial charge in [-0.1, -0.05) is 11.6 Å². The van der Waals surface area contributed by atoms with Crippen LogP contribution in [-0.4, -0.2) is 31.0 Å². The van der Waals surface area contributed by atoms with Crippen LogP contribution < -0.4 is 10.2 Å². The molecule has 5 heteroatoms. The first kappa shape index (κ1) is 12.2. The van der Waals surface area contributed by atoms with Crippen LogP contribution in [0.4, 0.5) is 5.82 Å². The molecule has 1 aliphatic rings. The van der Waals surface area contributed by atoms with Gasteiger partial charge in [0, 0.05) is 26.3 Å². The minimum atomic E-state index is -0.323. The Labute approximate surface area is 106 Å². The highest BCUT2D eigenvalue weighted by Crippen LogP contribution is 2.32. The minimum absolute atomic E-state index is 0.0916. The summed E-state index contributed by atoms with van der Waals surface area (Å²) in [5.74, 6) is 0.969. The van der Waals surface area contributed by atoms with Gasteiger partial charge in [0.25, 0.3) is 0 Å². The van der Waals surface area contributed by atoms with E-state index in [0.29, 0.717) is 11.6 Å². The van der Waals surface area contributed by atoms with E-state index in [1.54, 1.807) is 13.2 Å². The third-order valence-corrected chi connectivity index (χ3v) is 3.51. The molecule has 17 heavy (non-hydrogen) atoms. The maximum Gasteiger partial charge on any atom is 0.227 e. The van der Waals surface area contributed by atoms with Crippen LogP contribution in [0.15, 0.2) is 18.3 Å². The number of aromatic nitrogens is 1. The Morgan fingerprint density at radius 2 is 2.35 bits per heavy atom. The lowest BCUT2D eigenvalue weighted by Gasteiger charge is -2.23. The number of carbonyl (C=O) groups excluding carboxylic acids is 1. The molecular weight excluding hydrogens is 238 g/mol. The molecule has 0 radical (unpaired) electrons. The summed E-state index contributed by atoms with van der Waals surface area (Å²) < 4.78 is 0. The molecule has 0 aromatic carbocycles. The Kier molecular flexibility index (Phi) is 3.24. The lowest BCUT2D eigenvalue weighted by Crippen LogP contribution is -2.39. The summed E-state index contributed by atoms with van der Waals surface area (Å²) in [5, 5.41) is 3.35. The van der Waals surface area contributed by atoms with Crippen LogP contribution in [0.3, 0.4) is 0 Å². The van der Waals surface area contributed by atoms with Gasteiger partial charge in [-0.05, 0) is 25.5 Å². The van der Waals surface area contributed by atoms with Crippen LogP contribution in [-0.2, 0) is 4.79 Å². The van der Waals surface area contributed by atoms with Gasteiger partial charge in [0.1, 0.15) is 5.82 Å². The van der Waals surface area contributed by atoms with Gasteiger partial charge in [0.15, 0.2) is 0 Å². The largest absolute Gasteiger partial charge is 0.359 e. The molecule has 1 aliphatic heterocycles. The summed E-state index contributed by atoms with van der Waals surface area (Å²) >= 11 is 5.80. The summed E-state index contributed by atoms with van der Waals surface area (Å²) in [7, 11) is 1.68. The fourth-order valence-electron chi connectivity index (χ4n) is 2.20. The lowest BCUT2D eigenvalue weighted by atomic mass is 9.89. The first-order valence-electron chi connectivity index (χ1n) is 5.64. The number of nitrogens with zero attached hydrogens (tertiary/aromatic N) is 2. The van der Waals surface area contributed by atoms with Crippen molar-refractivity contribution in [3.8, 4) is 0 Å². The number of halogens is 1. The number of pyridine rings is 1. The number of amides is 1. The normalized spacial score (nSPS) is 23.8. The zero-order valence-electron chi connectivity index (χ0n) is 10.0. The van der Waals surface area contributed by atoms with Crippen molar-refractivity contribution in [2.45, 2.75) is 13.3 Å². The van der Waals surface area contributed by atoms with Crippen LogP contribution in [0.2, 0.25) is 5.02 Å². The van der Waals surface area contributed by atoms with Crippen LogP contribution >= 0.6 is 11.6 Å². The smallest absolute Gasteiger partial charge is 0.227 e. The predicted octanol–water partition coefficient (Wildman–Crippen LogP) is 1.70. The zero-order chi connectivity index (χ0) is 12.5. The fourth-order valence-corrected chi connectivity index (χ4v) is 2.31. The highest BCUT2D eigenvalue weighted by molar-refractivity contribution is 6.30. The Balaban J connectivity index is 2.12. The molecule has 1 unspecified atom stereocenters. The first-order chi connectivity index (χ1) is 8.05. The number of anilines is 1. The summed E-state index contributed by atoms with van der Waals surface area (Å²) in [4.78, 5) is 18.2. The first-order valence-corrected chi connectivity index (χ1v) is 6.02. The average Bonchev–Trinajstić information content (AvgIpc) is 2.73. The predicted molar refractivity (Wildman–Crippen MR) is 68.3 cm³/mol. The molecular formula is C12H16ClN3O. The fraction of sp³-hybridized carbons (Fsp3) is 0.500. The van der Waals surface area contributed by atoms with Crippen LogP contribution in [0, 0.1) is 5.41 Å². The van der Waals surface area contributed by atoms with E-state index in [1.165, 1.54) is 0 Å². The summed E-state index contributed by atoms with van der Waals surface area (Å²) in [6.45, 7) is 3.53. The summed E-state index contributed by atoms with van der Waals surface area (Å²) in [6.07, 6.45) is 2.48. The van der Waals surface area contributed by atoms with E-state index in [2.05, 4.69) is 15.2 Å². The molecule has 1 atom stereocenters. The Morgan fingerprint density at radius 3 is 2.94 bits per heavy atom. The van der Waals surface area contributed by atoms with Gasteiger partial charge in [-0.2, -0.15) is 0 Å². The monoisotopic (exact) mass is 253 g/mol. The van der Waals surface area contributed by atoms with Crippen molar-refractivity contribution in [3.63, 3.8) is 0 Å². The third-order valence-electron chi connectivity index (χ3n) is 3.28. The number of nitrogens with one attached hydrogen (secondary N) is 1. The van der Waals surface area contributed by atoms with Gasteiger partial charge in [-0.3, -0.25) is 4.79 Å². The highest BCUT2D eigenvalue weighted by atomic mass is 35.5. The van der Waals surface area contributed by atoms with Gasteiger partial charge >= 0.3 is 0 Å². The quantitative estimate of drug-likeness (QED) is 0.873. The molecule has 2 rings (SSSR count). The van der Waals surface area contributed by atoms with Gasteiger partial charge in [-0.25, -0.2) is 4.98 Å². The average molecular weight is 254 g/mol. The third kappa shape index (κ3) is 2.36. The molecule has 0 saturated carbocycles. The van der Waals surface area contributed by atoms with E-state index in [4.69, 9.17) is 11.6 Å². The second kappa shape index (κ2) is 4.53. The minimum Gasteiger partial charge on any atom is -0.359 e. The summed E-state index contributed by atoms with van der Waals surface area (Å²) in [5.41, 5.74) is -0.323. The van der Waals surface area contributed by atoms with Gasteiger partial charge < -0.3 is 10.2 Å². The van der Waals surface area contributed by atoms with Gasteiger partial charge in [-0.15, -0.1) is 0 Å². The molecule has 1 amide bonds. The molecule has 4 nitrogen and oxygen atoms in total. The van der Waals surface area contributed by atoms with E-state index in [0.717, 1.165) is 18.8 Å². The van der Waals surface area contributed by atoms with E-state index >= 15 is 0 Å². The topological polar surface area (TPSA) is 45.2 Å². The highest BCUT2D eigenvalue weighted by Gasteiger charge is 2.40. The lowest BCUT2D eigenvalue weighted by molar-refractivity contribution is -0.128. The van der Waals surface area contributed by atoms with Crippen LogP contribution in [0.5, 0.6) is 0 Å². The van der Waals surface area contributed by atoms with Crippen molar-refractivity contribution in [2.24, 2.45) is 5.41 Å². The molecule has 1 N–H and O–H groups in total. The number of hydrogen-bond donors (Lipinski definition) is 1. The van der Waals surface area contributed by atoms with E-state index in [1.807, 2.05) is 19.1 Å². The maximum atomic E-state index is 11.8. The SMILES string of the molecule is CNC(=O)C1(C)CCN(c2ccc(Cl)cn2)C1. The molecule has 1 aromatic rings. The molecule has 2 heterocycles. The van der Waals surface area contributed by atoms with Crippen LogP contribution in [0.1, 0.15) is 13.3 Å². The molecule has 92 valence electrons. The van der Waals surface area contributed by atoms with Crippen molar-refractivity contribution >= 4 is 23.3 Å². The van der Waals surface area contributed by atoms with E-state index in [9.17, 15) is 4.79 Å². The standard InChI is InChI=1S/C12H16ClN3O/c1-12(11(17)14-2)5-6-16(8-12)10-4-3-9(13)7-15-10/h3-4,7H,5-6,8H2,1-2H3,(H,14,17). The molecule has 1 saturated heterocycles. The number of hydrogen-bond acceptors (Lipinski definition) is 3. The Hall–Kier alpha value is -1.29. The Morgan fingerprint density at radius 1 is 1.59 bits per heavy atom. The molecule has 0 spiro atoms. The molecule has 0 bridgehead atoms. The van der Waals surface area contributed by atoms with Crippen molar-refractivity contribution in [3.05, 3.63) is 23.4 Å². The van der Waals surface area contributed by atoms with Gasteiger partial charge in [0.2, 0.25) is 5.91 Å². The Bertz CT molecular complexity index is 420. The zero-order valence-corrected chi connectivity index (χ0v) is 10.8. The molecule has 1 fully saturated rings. The van der Waals surface area contributed by atoms with Crippen molar-refractivity contribution in [1.82, 2.24) is 10.3 Å². The summed E-state index contributed by atoms with van der Waals surface area (Å²) in [6, 6.07) is 3.71. The van der Waals surface area contributed by atoms with Crippen LogP contribution in [0.25, 0.3) is 0 Å². The number of carbonyl (C=O) groups is 1. The maximum absolute atomic E-state index is 11.8. The van der Waals surface area contributed by atoms with E-state index in [-0.39, 0.29) is 11.3 Å². The molecule has 1 aromatic heterocycles. The van der Waals surface area contributed by atoms with Crippen molar-refractivity contribution in [1.29, 1.82) is 0 Å². The number of rotatable bonds is 2. The van der Waals surface area contributed by atoms with E-state index < -0.39 is 0 Å². The van der Waals surface area contributed by atoms with Crippen molar-refractivity contribution < 1.29 is 4.79 Å².